The second-order valence-corrected chi connectivity index (χ2v) is 3.36. The van der Waals surface area contributed by atoms with E-state index in [-0.39, 0.29) is 5.92 Å². The fourth-order valence-corrected chi connectivity index (χ4v) is 1.35. The SMILES string of the molecule is CC(=O)O[C@H](C#N)[C@@H](C)c1ccccc1. The van der Waals surface area contributed by atoms with Gasteiger partial charge in [0.05, 0.1) is 0 Å². The molecule has 0 fully saturated rings. The van der Waals surface area contributed by atoms with Crippen molar-refractivity contribution in [1.82, 2.24) is 0 Å². The van der Waals surface area contributed by atoms with Crippen LogP contribution in [0.3, 0.4) is 0 Å². The molecule has 0 aromatic heterocycles. The van der Waals surface area contributed by atoms with Crippen molar-refractivity contribution in [3.8, 4) is 6.07 Å². The summed E-state index contributed by atoms with van der Waals surface area (Å²) < 4.78 is 4.92. The van der Waals surface area contributed by atoms with Crippen LogP contribution >= 0.6 is 0 Å². The second kappa shape index (κ2) is 5.16. The van der Waals surface area contributed by atoms with Gasteiger partial charge in [0, 0.05) is 12.8 Å². The molecule has 1 aromatic rings. The molecule has 2 atom stereocenters. The number of esters is 1. The highest BCUT2D eigenvalue weighted by Crippen LogP contribution is 2.20. The molecule has 0 N–H and O–H groups in total. The maximum Gasteiger partial charge on any atom is 0.303 e. The first-order valence-electron chi connectivity index (χ1n) is 4.77. The third kappa shape index (κ3) is 3.10. The minimum atomic E-state index is -0.718. The van der Waals surface area contributed by atoms with Crippen molar-refractivity contribution in [2.24, 2.45) is 0 Å². The topological polar surface area (TPSA) is 50.1 Å². The van der Waals surface area contributed by atoms with E-state index in [1.165, 1.54) is 6.92 Å². The summed E-state index contributed by atoms with van der Waals surface area (Å²) in [6.45, 7) is 3.17. The average molecular weight is 203 g/mol. The van der Waals surface area contributed by atoms with Crippen LogP contribution in [0.2, 0.25) is 0 Å². The predicted octanol–water partition coefficient (Wildman–Crippen LogP) is 2.25. The number of carbonyl (C=O) groups excluding carboxylic acids is 1. The molecule has 3 nitrogen and oxygen atoms in total. The number of ether oxygens (including phenoxy) is 1. The van der Waals surface area contributed by atoms with Gasteiger partial charge in [-0.3, -0.25) is 4.79 Å². The molecule has 78 valence electrons. The molecular formula is C12H13NO2. The summed E-state index contributed by atoms with van der Waals surface area (Å²) >= 11 is 0. The summed E-state index contributed by atoms with van der Waals surface area (Å²) in [6.07, 6.45) is -0.718. The monoisotopic (exact) mass is 203 g/mol. The lowest BCUT2D eigenvalue weighted by Gasteiger charge is -2.17. The van der Waals surface area contributed by atoms with Crippen molar-refractivity contribution in [2.75, 3.05) is 0 Å². The third-order valence-electron chi connectivity index (χ3n) is 2.20. The van der Waals surface area contributed by atoms with E-state index < -0.39 is 12.1 Å². The molecular weight excluding hydrogens is 190 g/mol. The van der Waals surface area contributed by atoms with Crippen molar-refractivity contribution < 1.29 is 9.53 Å². The van der Waals surface area contributed by atoms with Crippen LogP contribution in [0.25, 0.3) is 0 Å². The number of benzene rings is 1. The smallest absolute Gasteiger partial charge is 0.303 e. The molecule has 15 heavy (non-hydrogen) atoms. The lowest BCUT2D eigenvalue weighted by atomic mass is 9.96. The molecule has 3 heteroatoms. The minimum absolute atomic E-state index is 0.111. The molecule has 0 radical (unpaired) electrons. The Labute approximate surface area is 89.3 Å². The molecule has 0 saturated heterocycles. The fraction of sp³-hybridized carbons (Fsp3) is 0.333. The number of nitriles is 1. The molecule has 0 aliphatic heterocycles. The van der Waals surface area contributed by atoms with Crippen molar-refractivity contribution in [3.63, 3.8) is 0 Å². The molecule has 0 spiro atoms. The summed E-state index contributed by atoms with van der Waals surface area (Å²) in [7, 11) is 0. The van der Waals surface area contributed by atoms with E-state index in [0.29, 0.717) is 0 Å². The van der Waals surface area contributed by atoms with Crippen LogP contribution in [0, 0.1) is 11.3 Å². The Morgan fingerprint density at radius 3 is 2.47 bits per heavy atom. The standard InChI is InChI=1S/C12H13NO2/c1-9(11-6-4-3-5-7-11)12(8-13)15-10(2)14/h3-7,9,12H,1-2H3/t9-,12+/m0/s1. The van der Waals surface area contributed by atoms with Crippen LogP contribution in [0.5, 0.6) is 0 Å². The Morgan fingerprint density at radius 2 is 2.00 bits per heavy atom. The Hall–Kier alpha value is -1.82. The van der Waals surface area contributed by atoms with Gasteiger partial charge in [0.2, 0.25) is 0 Å². The normalized spacial score (nSPS) is 13.7. The molecule has 0 bridgehead atoms. The van der Waals surface area contributed by atoms with E-state index in [9.17, 15) is 4.79 Å². The van der Waals surface area contributed by atoms with E-state index in [1.54, 1.807) is 0 Å². The summed E-state index contributed by atoms with van der Waals surface area (Å²) in [5.41, 5.74) is 0.991. The first-order valence-corrected chi connectivity index (χ1v) is 4.77. The maximum absolute atomic E-state index is 10.8. The second-order valence-electron chi connectivity index (χ2n) is 3.36. The summed E-state index contributed by atoms with van der Waals surface area (Å²) in [5.74, 6) is -0.538. The van der Waals surface area contributed by atoms with Crippen molar-refractivity contribution >= 4 is 5.97 Å². The molecule has 1 rings (SSSR count). The van der Waals surface area contributed by atoms with Crippen molar-refractivity contribution in [1.29, 1.82) is 5.26 Å². The van der Waals surface area contributed by atoms with Gasteiger partial charge in [0.15, 0.2) is 6.10 Å². The number of nitrogens with zero attached hydrogens (tertiary/aromatic N) is 1. The Morgan fingerprint density at radius 1 is 1.40 bits per heavy atom. The lowest BCUT2D eigenvalue weighted by Crippen LogP contribution is -2.20. The van der Waals surface area contributed by atoms with Crippen LogP contribution in [0.1, 0.15) is 25.3 Å². The van der Waals surface area contributed by atoms with Gasteiger partial charge in [-0.1, -0.05) is 37.3 Å². The summed E-state index contributed by atoms with van der Waals surface area (Å²) in [4.78, 5) is 10.8. The van der Waals surface area contributed by atoms with Gasteiger partial charge in [-0.05, 0) is 5.56 Å². The summed E-state index contributed by atoms with van der Waals surface area (Å²) in [6, 6.07) is 11.5. The van der Waals surface area contributed by atoms with E-state index in [1.807, 2.05) is 43.3 Å². The molecule has 0 saturated carbocycles. The fourth-order valence-electron chi connectivity index (χ4n) is 1.35. The molecule has 0 aliphatic carbocycles. The zero-order valence-corrected chi connectivity index (χ0v) is 8.81. The van der Waals surface area contributed by atoms with Gasteiger partial charge in [0.1, 0.15) is 6.07 Å². The highest BCUT2D eigenvalue weighted by molar-refractivity contribution is 5.66. The zero-order valence-electron chi connectivity index (χ0n) is 8.81. The van der Waals surface area contributed by atoms with Crippen LogP contribution < -0.4 is 0 Å². The van der Waals surface area contributed by atoms with Gasteiger partial charge in [-0.2, -0.15) is 5.26 Å². The van der Waals surface area contributed by atoms with Crippen LogP contribution in [0.15, 0.2) is 30.3 Å². The third-order valence-corrected chi connectivity index (χ3v) is 2.20. The first kappa shape index (κ1) is 11.3. The van der Waals surface area contributed by atoms with Crippen LogP contribution in [-0.4, -0.2) is 12.1 Å². The van der Waals surface area contributed by atoms with Gasteiger partial charge < -0.3 is 4.74 Å². The molecule has 0 heterocycles. The van der Waals surface area contributed by atoms with Gasteiger partial charge in [0.25, 0.3) is 0 Å². The van der Waals surface area contributed by atoms with E-state index in [0.717, 1.165) is 5.56 Å². The van der Waals surface area contributed by atoms with Gasteiger partial charge in [-0.15, -0.1) is 0 Å². The Bertz CT molecular complexity index is 367. The number of rotatable bonds is 3. The highest BCUT2D eigenvalue weighted by Gasteiger charge is 2.20. The predicted molar refractivity (Wildman–Crippen MR) is 56.0 cm³/mol. The number of hydrogen-bond donors (Lipinski definition) is 0. The first-order chi connectivity index (χ1) is 7.15. The lowest BCUT2D eigenvalue weighted by molar-refractivity contribution is -0.144. The van der Waals surface area contributed by atoms with E-state index in [2.05, 4.69) is 0 Å². The molecule has 0 aliphatic rings. The Kier molecular flexibility index (Phi) is 3.87. The largest absolute Gasteiger partial charge is 0.446 e. The van der Waals surface area contributed by atoms with Crippen LogP contribution in [0.4, 0.5) is 0 Å². The maximum atomic E-state index is 10.8. The highest BCUT2D eigenvalue weighted by atomic mass is 16.5. The quantitative estimate of drug-likeness (QED) is 0.708. The van der Waals surface area contributed by atoms with Crippen molar-refractivity contribution in [3.05, 3.63) is 35.9 Å². The number of carbonyl (C=O) groups is 1. The van der Waals surface area contributed by atoms with E-state index >= 15 is 0 Å². The van der Waals surface area contributed by atoms with E-state index in [4.69, 9.17) is 10.00 Å². The zero-order chi connectivity index (χ0) is 11.3. The van der Waals surface area contributed by atoms with Gasteiger partial charge >= 0.3 is 5.97 Å². The van der Waals surface area contributed by atoms with Crippen LogP contribution in [-0.2, 0) is 9.53 Å². The number of hydrogen-bond acceptors (Lipinski definition) is 3. The van der Waals surface area contributed by atoms with Crippen molar-refractivity contribution in [2.45, 2.75) is 25.9 Å². The summed E-state index contributed by atoms with van der Waals surface area (Å²) in [5, 5.41) is 8.88. The molecule has 1 aromatic carbocycles. The average Bonchev–Trinajstić information content (AvgIpc) is 2.26. The molecule has 0 amide bonds. The Balaban J connectivity index is 2.79. The molecule has 0 unspecified atom stereocenters. The minimum Gasteiger partial charge on any atom is -0.446 e. The van der Waals surface area contributed by atoms with Gasteiger partial charge in [-0.25, -0.2) is 0 Å².